The van der Waals surface area contributed by atoms with E-state index in [9.17, 15) is 14.7 Å². The van der Waals surface area contributed by atoms with E-state index in [0.29, 0.717) is 40.0 Å². The molecule has 7 rings (SSSR count). The predicted molar refractivity (Wildman–Crippen MR) is 178 cm³/mol. The van der Waals surface area contributed by atoms with Gasteiger partial charge in [-0.15, -0.1) is 0 Å². The van der Waals surface area contributed by atoms with Crippen molar-refractivity contribution < 1.29 is 18.8 Å². The number of ether oxygens (including phenoxy) is 1. The smallest absolute Gasteiger partial charge is 0.387 e. The molecule has 2 saturated carbocycles. The van der Waals surface area contributed by atoms with Crippen LogP contribution in [0.4, 0.5) is 4.39 Å². The third-order valence-corrected chi connectivity index (χ3v) is 10.0. The van der Waals surface area contributed by atoms with E-state index in [-0.39, 0.29) is 87.4 Å². The number of nitrogens with one attached hydrogen (secondary N) is 1. The molecule has 247 valence electrons. The van der Waals surface area contributed by atoms with Crippen LogP contribution in [0.1, 0.15) is 88.1 Å². The van der Waals surface area contributed by atoms with E-state index < -0.39 is 17.2 Å². The Balaban J connectivity index is 0.00000401. The third kappa shape index (κ3) is 6.70. The molecule has 2 fully saturated rings. The number of hydrogen-bond donors (Lipinski definition) is 2. The van der Waals surface area contributed by atoms with Crippen molar-refractivity contribution in [1.29, 1.82) is 0 Å². The fourth-order valence-corrected chi connectivity index (χ4v) is 7.21. The van der Waals surface area contributed by atoms with Crippen molar-refractivity contribution in [2.45, 2.75) is 102 Å². The minimum absolute atomic E-state index is 0. The van der Waals surface area contributed by atoms with Crippen LogP contribution in [0.3, 0.4) is 0 Å². The maximum absolute atomic E-state index is 15.9. The van der Waals surface area contributed by atoms with E-state index in [1.165, 1.54) is 12.4 Å². The number of aliphatic hydroxyl groups is 1. The van der Waals surface area contributed by atoms with Crippen LogP contribution in [0.5, 0.6) is 0 Å². The van der Waals surface area contributed by atoms with Crippen molar-refractivity contribution in [1.82, 2.24) is 29.3 Å². The van der Waals surface area contributed by atoms with Crippen LogP contribution in [0.2, 0.25) is 0 Å². The number of nitrogens with zero attached hydrogens (tertiary/aromatic N) is 5. The molecule has 2 aliphatic rings. The Kier molecular flexibility index (Phi) is 10.7. The number of hydrogen-bond acceptors (Lipinski definition) is 8. The summed E-state index contributed by atoms with van der Waals surface area (Å²) in [5, 5.41) is 19.0. The first-order valence-electron chi connectivity index (χ1n) is 16.5. The maximum atomic E-state index is 15.9. The Labute approximate surface area is 319 Å². The van der Waals surface area contributed by atoms with E-state index in [1.807, 2.05) is 32.0 Å². The molecule has 2 N–H and O–H groups in total. The van der Waals surface area contributed by atoms with Gasteiger partial charge in [-0.25, -0.2) is 13.7 Å². The Morgan fingerprint density at radius 2 is 1.88 bits per heavy atom. The zero-order valence-electron chi connectivity index (χ0n) is 27.6. The average molecular weight is 682 g/mol. The summed E-state index contributed by atoms with van der Waals surface area (Å²) in [5.74, 6) is -0.361. The second-order valence-electron chi connectivity index (χ2n) is 13.0. The van der Waals surface area contributed by atoms with Crippen molar-refractivity contribution in [2.24, 2.45) is 0 Å². The van der Waals surface area contributed by atoms with Crippen LogP contribution in [-0.4, -0.2) is 104 Å². The first kappa shape index (κ1) is 35.1. The fourth-order valence-electron chi connectivity index (χ4n) is 7.21. The molecule has 13 heteroatoms. The summed E-state index contributed by atoms with van der Waals surface area (Å²) in [6.07, 6.45) is 8.32. The molecule has 48 heavy (non-hydrogen) atoms. The van der Waals surface area contributed by atoms with Gasteiger partial charge < -0.3 is 9.84 Å². The largest absolute Gasteiger partial charge is 0.439 e. The molecule has 0 amide bonds. The molecule has 3 heterocycles. The Hall–Kier alpha value is -2.78. The summed E-state index contributed by atoms with van der Waals surface area (Å²) in [6.45, 7) is 3.99. The molecular weight excluding hydrogens is 643 g/mol. The normalized spacial score (nSPS) is 19.5. The van der Waals surface area contributed by atoms with Gasteiger partial charge in [0.25, 0.3) is 5.56 Å². The molecule has 1 radical (unpaired) electrons. The summed E-state index contributed by atoms with van der Waals surface area (Å²) in [7, 11) is 0. The number of H-pyrrole nitrogens is 1. The number of aromatic amines is 1. The monoisotopic (exact) mass is 681 g/mol. The first-order chi connectivity index (χ1) is 22.8. The zero-order chi connectivity index (χ0) is 32.7. The van der Waals surface area contributed by atoms with Crippen LogP contribution in [-0.2, 0) is 17.6 Å². The average Bonchev–Trinajstić information content (AvgIpc) is 3.72. The number of aromatic nitrogens is 6. The van der Waals surface area contributed by atoms with Gasteiger partial charge in [0.2, 0.25) is 5.78 Å². The molecule has 0 bridgehead atoms. The Bertz CT molecular complexity index is 2020. The number of halogens is 1. The van der Waals surface area contributed by atoms with Gasteiger partial charge in [-0.05, 0) is 81.0 Å². The van der Waals surface area contributed by atoms with E-state index in [2.05, 4.69) is 24.7 Å². The molecule has 0 saturated heterocycles. The van der Waals surface area contributed by atoms with Crippen LogP contribution in [0.25, 0.3) is 28.3 Å². The second-order valence-corrected chi connectivity index (χ2v) is 13.0. The molecule has 2 aromatic carbocycles. The van der Waals surface area contributed by atoms with E-state index in [4.69, 9.17) is 4.74 Å². The second kappa shape index (κ2) is 14.6. The molecule has 1 unspecified atom stereocenters. The minimum atomic E-state index is -0.723. The van der Waals surface area contributed by atoms with E-state index >= 15 is 4.39 Å². The van der Waals surface area contributed by atoms with Crippen molar-refractivity contribution >= 4 is 57.2 Å². The summed E-state index contributed by atoms with van der Waals surface area (Å²) in [4.78, 5) is 33.0. The molecule has 11 nitrogen and oxygen atoms in total. The van der Waals surface area contributed by atoms with Gasteiger partial charge in [-0.3, -0.25) is 18.9 Å². The number of fused-ring (bicyclic) bond motifs is 1. The fraction of sp³-hybridized carbons (Fsp3) is 0.457. The molecule has 1 atom stereocenters. The number of benzene rings is 2. The van der Waals surface area contributed by atoms with Gasteiger partial charge in [0.1, 0.15) is 12.1 Å². The molecule has 5 aromatic rings. The zero-order valence-corrected chi connectivity index (χ0v) is 30.7. The van der Waals surface area contributed by atoms with Gasteiger partial charge in [-0.2, -0.15) is 10.1 Å². The third-order valence-electron chi connectivity index (χ3n) is 10.0. The maximum Gasteiger partial charge on any atom is 0.439 e. The minimum Gasteiger partial charge on any atom is -0.387 e. The standard InChI is InChI=1S/C35H39FN6O5.K/c1-3-7-30-28(18-23-11-10-22(19-29(23)36)26-8-4-5-9-27(26)31-39-34(44)47-40-31)32(43)41(33-37-20-38-42(30)33)24-12-14-25(15-13-24)46-21(2)35(45)16-6-17-35;/h4-5,8-11,19-21,24-25,45H,3,6-7,12-18H2,1-2H3,(H,39,40,44);. The number of aryl methyl sites for hydroxylation is 1. The summed E-state index contributed by atoms with van der Waals surface area (Å²) >= 11 is 0. The molecule has 0 aliphatic heterocycles. The predicted octanol–water partition coefficient (Wildman–Crippen LogP) is 5.01. The van der Waals surface area contributed by atoms with Gasteiger partial charge in [-0.1, -0.05) is 54.9 Å². The summed E-state index contributed by atoms with van der Waals surface area (Å²) in [5.41, 5.74) is 2.63. The van der Waals surface area contributed by atoms with Crippen molar-refractivity contribution in [3.63, 3.8) is 0 Å². The Morgan fingerprint density at radius 3 is 2.52 bits per heavy atom. The summed E-state index contributed by atoms with van der Waals surface area (Å²) < 4.78 is 30.4. The van der Waals surface area contributed by atoms with Gasteiger partial charge in [0.05, 0.1) is 23.5 Å². The molecular formula is C35H39FKN6O5. The quantitative estimate of drug-likeness (QED) is 0.196. The van der Waals surface area contributed by atoms with Crippen LogP contribution in [0, 0.1) is 5.82 Å². The molecule has 3 aromatic heterocycles. The number of rotatable bonds is 10. The van der Waals surface area contributed by atoms with Gasteiger partial charge in [0, 0.05) is 75.0 Å². The topological polar surface area (TPSA) is 141 Å². The molecule has 2 aliphatic carbocycles. The van der Waals surface area contributed by atoms with E-state index in [0.717, 1.165) is 57.1 Å². The van der Waals surface area contributed by atoms with Crippen molar-refractivity contribution in [3.05, 3.63) is 92.3 Å². The van der Waals surface area contributed by atoms with Crippen molar-refractivity contribution in [2.75, 3.05) is 0 Å². The first-order valence-corrected chi connectivity index (χ1v) is 16.5. The summed E-state index contributed by atoms with van der Waals surface area (Å²) in [6, 6.07) is 12.1. The van der Waals surface area contributed by atoms with Crippen LogP contribution in [0.15, 0.2) is 62.9 Å². The Morgan fingerprint density at radius 1 is 1.12 bits per heavy atom. The van der Waals surface area contributed by atoms with Gasteiger partial charge >= 0.3 is 5.76 Å². The van der Waals surface area contributed by atoms with E-state index in [1.54, 1.807) is 27.3 Å². The SMILES string of the molecule is CCCc1c(Cc2ccc(-c3ccccc3-c3noc(=O)[nH]3)cc2F)c(=O)n(C2CCC(OC(C)C3(O)CCC3)CC2)c2ncnn12.[K]. The van der Waals surface area contributed by atoms with Crippen molar-refractivity contribution in [3.8, 4) is 22.5 Å². The van der Waals surface area contributed by atoms with Crippen LogP contribution < -0.4 is 11.3 Å². The van der Waals surface area contributed by atoms with Crippen LogP contribution >= 0.6 is 0 Å². The van der Waals surface area contributed by atoms with Gasteiger partial charge in [0.15, 0.2) is 5.82 Å². The molecule has 0 spiro atoms.